The maximum absolute atomic E-state index is 8.97. The highest BCUT2D eigenvalue weighted by Crippen LogP contribution is 2.22. The Kier molecular flexibility index (Phi) is 4.37. The molecule has 1 aromatic rings. The molecular weight excluding hydrogens is 198 g/mol. The molecule has 1 atom stereocenters. The SMILES string of the molecule is Cc1ccc(C#N)c(OC(C)CC(C)C)c1. The first-order chi connectivity index (χ1) is 7.52. The number of nitriles is 1. The largest absolute Gasteiger partial charge is 0.489 e. The maximum atomic E-state index is 8.97. The molecule has 0 radical (unpaired) electrons. The number of hydrogen-bond donors (Lipinski definition) is 0. The maximum Gasteiger partial charge on any atom is 0.137 e. The first kappa shape index (κ1) is 12.6. The normalized spacial score (nSPS) is 12.2. The Morgan fingerprint density at radius 1 is 1.31 bits per heavy atom. The summed E-state index contributed by atoms with van der Waals surface area (Å²) >= 11 is 0. The van der Waals surface area contributed by atoms with Gasteiger partial charge in [-0.25, -0.2) is 0 Å². The van der Waals surface area contributed by atoms with E-state index in [4.69, 9.17) is 10.00 Å². The minimum atomic E-state index is 0.147. The molecule has 1 unspecified atom stereocenters. The zero-order valence-electron chi connectivity index (χ0n) is 10.4. The van der Waals surface area contributed by atoms with Crippen molar-refractivity contribution in [2.24, 2.45) is 5.92 Å². The third-order valence-corrected chi connectivity index (χ3v) is 2.39. The van der Waals surface area contributed by atoms with E-state index >= 15 is 0 Å². The first-order valence-electron chi connectivity index (χ1n) is 5.70. The monoisotopic (exact) mass is 217 g/mol. The van der Waals surface area contributed by atoms with Crippen molar-refractivity contribution in [2.45, 2.75) is 40.2 Å². The van der Waals surface area contributed by atoms with Crippen molar-refractivity contribution in [3.8, 4) is 11.8 Å². The summed E-state index contributed by atoms with van der Waals surface area (Å²) in [6.07, 6.45) is 1.15. The van der Waals surface area contributed by atoms with Crippen LogP contribution in [0.25, 0.3) is 0 Å². The van der Waals surface area contributed by atoms with Gasteiger partial charge in [0.25, 0.3) is 0 Å². The molecule has 0 aliphatic heterocycles. The molecule has 0 saturated heterocycles. The van der Waals surface area contributed by atoms with Crippen molar-refractivity contribution in [1.29, 1.82) is 5.26 Å². The van der Waals surface area contributed by atoms with Crippen molar-refractivity contribution in [2.75, 3.05) is 0 Å². The second-order valence-electron chi connectivity index (χ2n) is 4.67. The Bertz CT molecular complexity index is 390. The summed E-state index contributed by atoms with van der Waals surface area (Å²) in [5.74, 6) is 1.31. The van der Waals surface area contributed by atoms with Crippen LogP contribution in [0.2, 0.25) is 0 Å². The fraction of sp³-hybridized carbons (Fsp3) is 0.500. The van der Waals surface area contributed by atoms with Crippen LogP contribution in [0.3, 0.4) is 0 Å². The molecule has 0 N–H and O–H groups in total. The Balaban J connectivity index is 2.80. The van der Waals surface area contributed by atoms with Gasteiger partial charge in [-0.3, -0.25) is 0 Å². The van der Waals surface area contributed by atoms with Crippen LogP contribution in [0.1, 0.15) is 38.3 Å². The lowest BCUT2D eigenvalue weighted by molar-refractivity contribution is 0.192. The summed E-state index contributed by atoms with van der Waals surface area (Å²) in [5.41, 5.74) is 1.73. The van der Waals surface area contributed by atoms with E-state index in [1.165, 1.54) is 0 Å². The standard InChI is InChI=1S/C14H19NO/c1-10(2)7-12(4)16-14-8-11(3)5-6-13(14)9-15/h5-6,8,10,12H,7H2,1-4H3. The molecule has 16 heavy (non-hydrogen) atoms. The van der Waals surface area contributed by atoms with E-state index in [9.17, 15) is 0 Å². The number of hydrogen-bond acceptors (Lipinski definition) is 2. The molecule has 0 aliphatic rings. The van der Waals surface area contributed by atoms with Gasteiger partial charge >= 0.3 is 0 Å². The van der Waals surface area contributed by atoms with Gasteiger partial charge in [-0.1, -0.05) is 19.9 Å². The predicted molar refractivity (Wildman–Crippen MR) is 65.4 cm³/mol. The van der Waals surface area contributed by atoms with Crippen LogP contribution >= 0.6 is 0 Å². The molecule has 2 heteroatoms. The van der Waals surface area contributed by atoms with Crippen LogP contribution in [0.5, 0.6) is 5.75 Å². The smallest absolute Gasteiger partial charge is 0.137 e. The van der Waals surface area contributed by atoms with Gasteiger partial charge < -0.3 is 4.74 Å². The highest BCUT2D eigenvalue weighted by Gasteiger charge is 2.10. The van der Waals surface area contributed by atoms with E-state index in [0.29, 0.717) is 17.2 Å². The third-order valence-electron chi connectivity index (χ3n) is 2.39. The van der Waals surface area contributed by atoms with E-state index in [0.717, 1.165) is 12.0 Å². The van der Waals surface area contributed by atoms with E-state index in [2.05, 4.69) is 19.9 Å². The Hall–Kier alpha value is -1.49. The number of aryl methyl sites for hydroxylation is 1. The fourth-order valence-electron chi connectivity index (χ4n) is 1.75. The highest BCUT2D eigenvalue weighted by molar-refractivity contribution is 5.45. The summed E-state index contributed by atoms with van der Waals surface area (Å²) in [5, 5.41) is 8.97. The van der Waals surface area contributed by atoms with E-state index in [1.54, 1.807) is 0 Å². The van der Waals surface area contributed by atoms with Gasteiger partial charge in [-0.15, -0.1) is 0 Å². The predicted octanol–water partition coefficient (Wildman–Crippen LogP) is 3.68. The van der Waals surface area contributed by atoms with Gasteiger partial charge in [0.2, 0.25) is 0 Å². The molecule has 1 aromatic carbocycles. The lowest BCUT2D eigenvalue weighted by atomic mass is 10.1. The van der Waals surface area contributed by atoms with Crippen molar-refractivity contribution in [1.82, 2.24) is 0 Å². The number of nitrogens with zero attached hydrogens (tertiary/aromatic N) is 1. The minimum absolute atomic E-state index is 0.147. The summed E-state index contributed by atoms with van der Waals surface area (Å²) in [6.45, 7) is 8.38. The van der Waals surface area contributed by atoms with Crippen molar-refractivity contribution >= 4 is 0 Å². The van der Waals surface area contributed by atoms with E-state index < -0.39 is 0 Å². The molecule has 0 amide bonds. The lowest BCUT2D eigenvalue weighted by Gasteiger charge is -2.17. The summed E-state index contributed by atoms with van der Waals surface area (Å²) < 4.78 is 5.81. The molecule has 0 spiro atoms. The molecule has 1 rings (SSSR count). The molecule has 0 aromatic heterocycles. The minimum Gasteiger partial charge on any atom is -0.489 e. The third kappa shape index (κ3) is 3.58. The lowest BCUT2D eigenvalue weighted by Crippen LogP contribution is -2.15. The van der Waals surface area contributed by atoms with Crippen molar-refractivity contribution < 1.29 is 4.74 Å². The second-order valence-corrected chi connectivity index (χ2v) is 4.67. The van der Waals surface area contributed by atoms with Gasteiger partial charge in [0.05, 0.1) is 11.7 Å². The van der Waals surface area contributed by atoms with Gasteiger partial charge in [0, 0.05) is 0 Å². The van der Waals surface area contributed by atoms with Gasteiger partial charge in [0.15, 0.2) is 0 Å². The molecule has 86 valence electrons. The van der Waals surface area contributed by atoms with Crippen molar-refractivity contribution in [3.63, 3.8) is 0 Å². The quantitative estimate of drug-likeness (QED) is 0.770. The first-order valence-corrected chi connectivity index (χ1v) is 5.70. The van der Waals surface area contributed by atoms with Crippen LogP contribution in [0.15, 0.2) is 18.2 Å². The topological polar surface area (TPSA) is 33.0 Å². The Morgan fingerprint density at radius 2 is 2.00 bits per heavy atom. The van der Waals surface area contributed by atoms with Crippen molar-refractivity contribution in [3.05, 3.63) is 29.3 Å². The Morgan fingerprint density at radius 3 is 2.56 bits per heavy atom. The molecule has 0 heterocycles. The second kappa shape index (κ2) is 5.55. The number of benzene rings is 1. The number of ether oxygens (including phenoxy) is 1. The summed E-state index contributed by atoms with van der Waals surface area (Å²) in [6, 6.07) is 7.82. The average Bonchev–Trinajstić information content (AvgIpc) is 2.16. The molecular formula is C14H19NO. The van der Waals surface area contributed by atoms with E-state index in [1.807, 2.05) is 32.0 Å². The van der Waals surface area contributed by atoms with E-state index in [-0.39, 0.29) is 6.10 Å². The van der Waals surface area contributed by atoms with Crippen LogP contribution in [0.4, 0.5) is 0 Å². The molecule has 0 saturated carbocycles. The summed E-state index contributed by atoms with van der Waals surface area (Å²) in [7, 11) is 0. The van der Waals surface area contributed by atoms with Crippen LogP contribution in [-0.2, 0) is 0 Å². The Labute approximate surface area is 97.9 Å². The number of rotatable bonds is 4. The van der Waals surface area contributed by atoms with Gasteiger partial charge in [-0.2, -0.15) is 5.26 Å². The molecule has 0 bridgehead atoms. The molecule has 2 nitrogen and oxygen atoms in total. The average molecular weight is 217 g/mol. The van der Waals surface area contributed by atoms with Crippen LogP contribution < -0.4 is 4.74 Å². The molecule has 0 aliphatic carbocycles. The van der Waals surface area contributed by atoms with Crippen LogP contribution in [-0.4, -0.2) is 6.10 Å². The zero-order valence-corrected chi connectivity index (χ0v) is 10.4. The molecule has 0 fully saturated rings. The fourth-order valence-corrected chi connectivity index (χ4v) is 1.75. The summed E-state index contributed by atoms with van der Waals surface area (Å²) in [4.78, 5) is 0. The van der Waals surface area contributed by atoms with Gasteiger partial charge in [-0.05, 0) is 43.9 Å². The zero-order chi connectivity index (χ0) is 12.1. The van der Waals surface area contributed by atoms with Gasteiger partial charge in [0.1, 0.15) is 11.8 Å². The highest BCUT2D eigenvalue weighted by atomic mass is 16.5. The van der Waals surface area contributed by atoms with Crippen LogP contribution in [0, 0.1) is 24.2 Å².